The Balaban J connectivity index is 2.93. The van der Waals surface area contributed by atoms with Crippen LogP contribution >= 0.6 is 11.6 Å². The summed E-state index contributed by atoms with van der Waals surface area (Å²) >= 11 is 5.85. The van der Waals surface area contributed by atoms with Gasteiger partial charge >= 0.3 is 0 Å². The van der Waals surface area contributed by atoms with Crippen LogP contribution in [0, 0.1) is 5.82 Å². The molecule has 1 aromatic heterocycles. The highest BCUT2D eigenvalue weighted by molar-refractivity contribution is 6.34. The van der Waals surface area contributed by atoms with Crippen molar-refractivity contribution in [3.05, 3.63) is 39.5 Å². The number of hydrogen-bond donors (Lipinski definition) is 0. The predicted octanol–water partition coefficient (Wildman–Crippen LogP) is 2.21. The van der Waals surface area contributed by atoms with Crippen molar-refractivity contribution >= 4 is 22.4 Å². The number of benzene rings is 1. The topological polar surface area (TPSA) is 34.9 Å². The standard InChI is InChI=1S/C10H8ClFN2O/c1-2-14-10(15)7-4-3-6(12)5-8(7)9(11)13-14/h3-5H,2H2,1H3. The average Bonchev–Trinajstić information content (AvgIpc) is 2.23. The van der Waals surface area contributed by atoms with Gasteiger partial charge in [0.05, 0.1) is 5.39 Å². The van der Waals surface area contributed by atoms with Crippen LogP contribution in [0.1, 0.15) is 6.92 Å². The van der Waals surface area contributed by atoms with E-state index >= 15 is 0 Å². The van der Waals surface area contributed by atoms with E-state index in [1.165, 1.54) is 22.9 Å². The Morgan fingerprint density at radius 3 is 2.87 bits per heavy atom. The molecule has 0 aliphatic rings. The molecule has 78 valence electrons. The van der Waals surface area contributed by atoms with Gasteiger partial charge in [-0.2, -0.15) is 5.10 Å². The number of halogens is 2. The maximum absolute atomic E-state index is 12.9. The lowest BCUT2D eigenvalue weighted by Gasteiger charge is -2.04. The largest absolute Gasteiger partial charge is 0.274 e. The van der Waals surface area contributed by atoms with Crippen molar-refractivity contribution in [2.75, 3.05) is 0 Å². The molecule has 0 unspecified atom stereocenters. The normalized spacial score (nSPS) is 10.9. The van der Waals surface area contributed by atoms with Crippen molar-refractivity contribution < 1.29 is 4.39 Å². The molecule has 0 aliphatic heterocycles. The third-order valence-corrected chi connectivity index (χ3v) is 2.46. The van der Waals surface area contributed by atoms with Crippen molar-refractivity contribution in [1.82, 2.24) is 9.78 Å². The first-order valence-electron chi connectivity index (χ1n) is 4.49. The summed E-state index contributed by atoms with van der Waals surface area (Å²) < 4.78 is 14.2. The predicted molar refractivity (Wildman–Crippen MR) is 56.6 cm³/mol. The second kappa shape index (κ2) is 3.62. The Kier molecular flexibility index (Phi) is 2.44. The molecule has 0 aliphatic carbocycles. The van der Waals surface area contributed by atoms with Crippen LogP contribution < -0.4 is 5.56 Å². The number of aromatic nitrogens is 2. The number of fused-ring (bicyclic) bond motifs is 1. The summed E-state index contributed by atoms with van der Waals surface area (Å²) in [5, 5.41) is 4.75. The quantitative estimate of drug-likeness (QED) is 0.747. The first-order chi connectivity index (χ1) is 7.13. The molecular formula is C10H8ClFN2O. The fourth-order valence-corrected chi connectivity index (χ4v) is 1.68. The molecule has 15 heavy (non-hydrogen) atoms. The summed E-state index contributed by atoms with van der Waals surface area (Å²) in [6.07, 6.45) is 0. The summed E-state index contributed by atoms with van der Waals surface area (Å²) in [7, 11) is 0. The van der Waals surface area contributed by atoms with Crippen molar-refractivity contribution in [2.45, 2.75) is 13.5 Å². The fraction of sp³-hybridized carbons (Fsp3) is 0.200. The summed E-state index contributed by atoms with van der Waals surface area (Å²) in [6, 6.07) is 3.87. The number of hydrogen-bond acceptors (Lipinski definition) is 2. The van der Waals surface area contributed by atoms with E-state index in [-0.39, 0.29) is 10.7 Å². The molecule has 0 saturated heterocycles. The van der Waals surface area contributed by atoms with Gasteiger partial charge in [0.2, 0.25) is 0 Å². The van der Waals surface area contributed by atoms with Gasteiger partial charge in [0.25, 0.3) is 5.56 Å². The maximum Gasteiger partial charge on any atom is 0.274 e. The van der Waals surface area contributed by atoms with E-state index in [0.29, 0.717) is 17.3 Å². The van der Waals surface area contributed by atoms with Gasteiger partial charge < -0.3 is 0 Å². The highest BCUT2D eigenvalue weighted by Crippen LogP contribution is 2.18. The second-order valence-electron chi connectivity index (χ2n) is 3.10. The molecule has 0 radical (unpaired) electrons. The minimum absolute atomic E-state index is 0.144. The van der Waals surface area contributed by atoms with Crippen LogP contribution in [0.5, 0.6) is 0 Å². The van der Waals surface area contributed by atoms with Gasteiger partial charge in [-0.1, -0.05) is 11.6 Å². The first kappa shape index (κ1) is 10.1. The van der Waals surface area contributed by atoms with E-state index in [1.807, 2.05) is 0 Å². The van der Waals surface area contributed by atoms with E-state index in [0.717, 1.165) is 0 Å². The maximum atomic E-state index is 12.9. The molecule has 1 aromatic carbocycles. The molecule has 0 spiro atoms. The monoisotopic (exact) mass is 226 g/mol. The molecule has 1 heterocycles. The lowest BCUT2D eigenvalue weighted by atomic mass is 10.2. The highest BCUT2D eigenvalue weighted by Gasteiger charge is 2.08. The molecule has 5 heteroatoms. The average molecular weight is 227 g/mol. The molecule has 0 amide bonds. The summed E-state index contributed by atoms with van der Waals surface area (Å²) in [4.78, 5) is 11.7. The van der Waals surface area contributed by atoms with Crippen LogP contribution in [0.4, 0.5) is 4.39 Å². The molecule has 2 aromatic rings. The first-order valence-corrected chi connectivity index (χ1v) is 4.87. The zero-order valence-electron chi connectivity index (χ0n) is 8.00. The summed E-state index contributed by atoms with van der Waals surface area (Å²) in [5.41, 5.74) is -0.253. The van der Waals surface area contributed by atoms with Crippen molar-refractivity contribution in [1.29, 1.82) is 0 Å². The van der Waals surface area contributed by atoms with Gasteiger partial charge in [-0.3, -0.25) is 4.79 Å². The summed E-state index contributed by atoms with van der Waals surface area (Å²) in [6.45, 7) is 2.23. The minimum Gasteiger partial charge on any atom is -0.267 e. The zero-order valence-corrected chi connectivity index (χ0v) is 8.75. The Labute approximate surface area is 90.1 Å². The Morgan fingerprint density at radius 1 is 1.47 bits per heavy atom. The lowest BCUT2D eigenvalue weighted by Crippen LogP contribution is -2.22. The van der Waals surface area contributed by atoms with Crippen molar-refractivity contribution in [3.8, 4) is 0 Å². The lowest BCUT2D eigenvalue weighted by molar-refractivity contribution is 0.618. The highest BCUT2D eigenvalue weighted by atomic mass is 35.5. The van der Waals surface area contributed by atoms with E-state index in [2.05, 4.69) is 5.10 Å². The Morgan fingerprint density at radius 2 is 2.20 bits per heavy atom. The van der Waals surface area contributed by atoms with Crippen molar-refractivity contribution in [3.63, 3.8) is 0 Å². The third kappa shape index (κ3) is 1.61. The Bertz CT molecular complexity index is 579. The summed E-state index contributed by atoms with van der Waals surface area (Å²) in [5.74, 6) is -0.431. The van der Waals surface area contributed by atoms with Crippen LogP contribution in [0.2, 0.25) is 5.15 Å². The van der Waals surface area contributed by atoms with Crippen LogP contribution in [-0.2, 0) is 6.54 Å². The molecule has 0 N–H and O–H groups in total. The van der Waals surface area contributed by atoms with Gasteiger partial charge in [0.15, 0.2) is 5.15 Å². The Hall–Kier alpha value is -1.42. The van der Waals surface area contributed by atoms with Gasteiger partial charge in [-0.25, -0.2) is 9.07 Å². The third-order valence-electron chi connectivity index (χ3n) is 2.18. The second-order valence-corrected chi connectivity index (χ2v) is 3.46. The minimum atomic E-state index is -0.431. The van der Waals surface area contributed by atoms with E-state index < -0.39 is 5.82 Å². The van der Waals surface area contributed by atoms with Crippen molar-refractivity contribution in [2.24, 2.45) is 0 Å². The molecule has 0 bridgehead atoms. The SMILES string of the molecule is CCn1nc(Cl)c2cc(F)ccc2c1=O. The molecular weight excluding hydrogens is 219 g/mol. The number of rotatable bonds is 1. The number of nitrogens with zero attached hydrogens (tertiary/aromatic N) is 2. The number of aryl methyl sites for hydroxylation is 1. The fourth-order valence-electron chi connectivity index (χ4n) is 1.43. The zero-order chi connectivity index (χ0) is 11.0. The van der Waals surface area contributed by atoms with Crippen LogP contribution in [-0.4, -0.2) is 9.78 Å². The molecule has 2 rings (SSSR count). The van der Waals surface area contributed by atoms with Gasteiger partial charge in [-0.05, 0) is 25.1 Å². The molecule has 3 nitrogen and oxygen atoms in total. The molecule has 0 fully saturated rings. The van der Waals surface area contributed by atoms with Gasteiger partial charge in [0.1, 0.15) is 5.82 Å². The molecule has 0 saturated carbocycles. The van der Waals surface area contributed by atoms with E-state index in [4.69, 9.17) is 11.6 Å². The van der Waals surface area contributed by atoms with Crippen LogP contribution in [0.3, 0.4) is 0 Å². The van der Waals surface area contributed by atoms with Gasteiger partial charge in [-0.15, -0.1) is 0 Å². The van der Waals surface area contributed by atoms with Crippen LogP contribution in [0.15, 0.2) is 23.0 Å². The van der Waals surface area contributed by atoms with E-state index in [9.17, 15) is 9.18 Å². The van der Waals surface area contributed by atoms with Crippen LogP contribution in [0.25, 0.3) is 10.8 Å². The van der Waals surface area contributed by atoms with Gasteiger partial charge in [0, 0.05) is 11.9 Å². The smallest absolute Gasteiger partial charge is 0.267 e. The van der Waals surface area contributed by atoms with E-state index in [1.54, 1.807) is 6.92 Å². The molecule has 0 atom stereocenters.